The fourth-order valence-corrected chi connectivity index (χ4v) is 4.40. The van der Waals surface area contributed by atoms with Crippen molar-refractivity contribution in [1.29, 1.82) is 0 Å². The van der Waals surface area contributed by atoms with Crippen LogP contribution in [0.1, 0.15) is 20.8 Å². The van der Waals surface area contributed by atoms with Gasteiger partial charge in [-0.15, -0.1) is 0 Å². The predicted molar refractivity (Wildman–Crippen MR) is 54.9 cm³/mol. The molecule has 0 aliphatic carbocycles. The average Bonchev–Trinajstić information content (AvgIpc) is 2.01. The normalized spacial score (nSPS) is 12.2. The van der Waals surface area contributed by atoms with Gasteiger partial charge in [-0.2, -0.15) is 0 Å². The molecule has 0 fully saturated rings. The molecule has 78 valence electrons. The number of hydrogen-bond acceptors (Lipinski definition) is 3. The summed E-state index contributed by atoms with van der Waals surface area (Å²) in [7, 11) is 1.06. The molecule has 0 aromatic rings. The average molecular weight is 204 g/mol. The molecule has 0 saturated carbocycles. The van der Waals surface area contributed by atoms with Crippen molar-refractivity contribution >= 4 is 14.3 Å². The van der Waals surface area contributed by atoms with Crippen LogP contribution in [0.5, 0.6) is 0 Å². The lowest BCUT2D eigenvalue weighted by Gasteiger charge is -2.27. The predicted octanol–water partition coefficient (Wildman–Crippen LogP) is 1.97. The van der Waals surface area contributed by atoms with E-state index in [2.05, 4.69) is 13.8 Å². The van der Waals surface area contributed by atoms with Gasteiger partial charge >= 0.3 is 8.56 Å². The van der Waals surface area contributed by atoms with Crippen LogP contribution in [0.4, 0.5) is 0 Å². The van der Waals surface area contributed by atoms with Crippen molar-refractivity contribution in [2.45, 2.75) is 32.9 Å². The fourth-order valence-electron chi connectivity index (χ4n) is 1.47. The second-order valence-electron chi connectivity index (χ2n) is 3.80. The van der Waals surface area contributed by atoms with Crippen molar-refractivity contribution in [2.75, 3.05) is 14.2 Å². The van der Waals surface area contributed by atoms with E-state index in [0.717, 1.165) is 6.04 Å². The minimum Gasteiger partial charge on any atom is -0.397 e. The highest BCUT2D eigenvalue weighted by Gasteiger charge is 2.37. The van der Waals surface area contributed by atoms with Crippen LogP contribution < -0.4 is 0 Å². The van der Waals surface area contributed by atoms with Crippen LogP contribution in [0.3, 0.4) is 0 Å². The van der Waals surface area contributed by atoms with Crippen molar-refractivity contribution in [3.8, 4) is 0 Å². The third-order valence-corrected chi connectivity index (χ3v) is 5.94. The first-order valence-corrected chi connectivity index (χ1v) is 6.78. The molecule has 0 atom stereocenters. The Morgan fingerprint density at radius 1 is 1.31 bits per heavy atom. The smallest absolute Gasteiger partial charge is 0.345 e. The van der Waals surface area contributed by atoms with Crippen LogP contribution in [-0.2, 0) is 13.6 Å². The molecule has 0 heterocycles. The molecule has 0 unspecified atom stereocenters. The molecule has 0 aliphatic heterocycles. The SMILES string of the molecule is CO[Si](CC(C)=O)(CC(C)C)OC. The van der Waals surface area contributed by atoms with E-state index in [0.29, 0.717) is 12.0 Å². The first kappa shape index (κ1) is 12.8. The maximum atomic E-state index is 11.0. The lowest BCUT2D eigenvalue weighted by atomic mass is 10.3. The molecule has 0 radical (unpaired) electrons. The van der Waals surface area contributed by atoms with E-state index < -0.39 is 8.56 Å². The van der Waals surface area contributed by atoms with Crippen molar-refractivity contribution < 1.29 is 13.6 Å². The molecule has 0 rings (SSSR count). The van der Waals surface area contributed by atoms with Gasteiger partial charge in [-0.3, -0.25) is 0 Å². The zero-order chi connectivity index (χ0) is 10.5. The van der Waals surface area contributed by atoms with Crippen LogP contribution in [0.15, 0.2) is 0 Å². The first-order valence-electron chi connectivity index (χ1n) is 4.55. The maximum absolute atomic E-state index is 11.0. The van der Waals surface area contributed by atoms with Crippen molar-refractivity contribution in [1.82, 2.24) is 0 Å². The van der Waals surface area contributed by atoms with Gasteiger partial charge in [-0.05, 0) is 18.9 Å². The van der Waals surface area contributed by atoms with Gasteiger partial charge in [0.05, 0.1) is 0 Å². The summed E-state index contributed by atoms with van der Waals surface area (Å²) in [6, 6.07) is 1.33. The number of ketones is 1. The quantitative estimate of drug-likeness (QED) is 0.620. The summed E-state index contributed by atoms with van der Waals surface area (Å²) in [5.41, 5.74) is 0. The first-order chi connectivity index (χ1) is 5.95. The van der Waals surface area contributed by atoms with Gasteiger partial charge in [-0.1, -0.05) is 13.8 Å². The van der Waals surface area contributed by atoms with E-state index in [1.807, 2.05) is 0 Å². The van der Waals surface area contributed by atoms with E-state index in [-0.39, 0.29) is 5.78 Å². The molecule has 0 aromatic heterocycles. The zero-order valence-electron chi connectivity index (χ0n) is 9.22. The van der Waals surface area contributed by atoms with Crippen LogP contribution in [0.25, 0.3) is 0 Å². The fraction of sp³-hybridized carbons (Fsp3) is 0.889. The highest BCUT2D eigenvalue weighted by atomic mass is 28.4. The molecule has 0 N–H and O–H groups in total. The van der Waals surface area contributed by atoms with E-state index in [1.54, 1.807) is 21.1 Å². The standard InChI is InChI=1S/C9H20O3Si/c1-8(2)6-13(11-4,12-5)7-9(3)10/h8H,6-7H2,1-5H3. The Morgan fingerprint density at radius 3 is 2.00 bits per heavy atom. The summed E-state index contributed by atoms with van der Waals surface area (Å²) in [6.45, 7) is 5.81. The van der Waals surface area contributed by atoms with Gasteiger partial charge in [0, 0.05) is 20.3 Å². The Bertz CT molecular complexity index is 164. The van der Waals surface area contributed by atoms with Gasteiger partial charge in [0.2, 0.25) is 0 Å². The molecule has 0 amide bonds. The van der Waals surface area contributed by atoms with Gasteiger partial charge in [0.15, 0.2) is 0 Å². The molecule has 0 spiro atoms. The zero-order valence-corrected chi connectivity index (χ0v) is 10.2. The summed E-state index contributed by atoms with van der Waals surface area (Å²) >= 11 is 0. The topological polar surface area (TPSA) is 35.5 Å². The molecular weight excluding hydrogens is 184 g/mol. The minimum atomic E-state index is -2.22. The monoisotopic (exact) mass is 204 g/mol. The maximum Gasteiger partial charge on any atom is 0.345 e. The highest BCUT2D eigenvalue weighted by Crippen LogP contribution is 2.22. The number of carbonyl (C=O) groups excluding carboxylic acids is 1. The summed E-state index contributed by atoms with van der Waals surface area (Å²) in [5.74, 6) is 0.655. The Morgan fingerprint density at radius 2 is 1.77 bits per heavy atom. The number of rotatable bonds is 6. The molecule has 13 heavy (non-hydrogen) atoms. The second kappa shape index (κ2) is 5.52. The van der Waals surface area contributed by atoms with E-state index >= 15 is 0 Å². The van der Waals surface area contributed by atoms with Gasteiger partial charge in [0.25, 0.3) is 0 Å². The molecule has 3 nitrogen and oxygen atoms in total. The van der Waals surface area contributed by atoms with E-state index in [9.17, 15) is 4.79 Å². The third kappa shape index (κ3) is 4.54. The van der Waals surface area contributed by atoms with Gasteiger partial charge in [-0.25, -0.2) is 0 Å². The number of Topliss-reactive ketones (excluding diaryl/α,β-unsaturated/α-hetero) is 1. The molecule has 0 bridgehead atoms. The molecular formula is C9H20O3Si. The summed E-state index contributed by atoms with van der Waals surface area (Å²) in [5, 5.41) is 0. The summed E-state index contributed by atoms with van der Waals surface area (Å²) in [6.07, 6.45) is 0. The second-order valence-corrected chi connectivity index (χ2v) is 7.20. The Kier molecular flexibility index (Phi) is 5.44. The van der Waals surface area contributed by atoms with Crippen molar-refractivity contribution in [3.05, 3.63) is 0 Å². The number of carbonyl (C=O) groups is 1. The van der Waals surface area contributed by atoms with Gasteiger partial charge in [0.1, 0.15) is 5.78 Å². The summed E-state index contributed by atoms with van der Waals surface area (Å²) < 4.78 is 10.8. The molecule has 0 aliphatic rings. The molecule has 4 heteroatoms. The van der Waals surface area contributed by atoms with Gasteiger partial charge < -0.3 is 13.6 Å². The highest BCUT2D eigenvalue weighted by molar-refractivity contribution is 6.70. The molecule has 0 saturated heterocycles. The summed E-state index contributed by atoms with van der Waals surface area (Å²) in [4.78, 5) is 11.0. The lowest BCUT2D eigenvalue weighted by molar-refractivity contribution is -0.115. The number of hydrogen-bond donors (Lipinski definition) is 0. The van der Waals surface area contributed by atoms with Crippen LogP contribution in [-0.4, -0.2) is 28.6 Å². The van der Waals surface area contributed by atoms with E-state index in [1.165, 1.54) is 0 Å². The van der Waals surface area contributed by atoms with Crippen molar-refractivity contribution in [2.24, 2.45) is 5.92 Å². The van der Waals surface area contributed by atoms with Crippen LogP contribution in [0.2, 0.25) is 12.1 Å². The Balaban J connectivity index is 4.39. The minimum absolute atomic E-state index is 0.149. The van der Waals surface area contributed by atoms with Crippen LogP contribution in [0, 0.1) is 5.92 Å². The lowest BCUT2D eigenvalue weighted by Crippen LogP contribution is -2.42. The Labute approximate surface area is 81.7 Å². The molecule has 0 aromatic carbocycles. The van der Waals surface area contributed by atoms with Crippen molar-refractivity contribution in [3.63, 3.8) is 0 Å². The largest absolute Gasteiger partial charge is 0.397 e. The van der Waals surface area contributed by atoms with E-state index in [4.69, 9.17) is 8.85 Å². The van der Waals surface area contributed by atoms with Crippen LogP contribution >= 0.6 is 0 Å². The third-order valence-electron chi connectivity index (χ3n) is 1.98. The Hall–Kier alpha value is -0.193.